The molecule has 0 unspecified atom stereocenters. The molecule has 7 nitrogen and oxygen atoms in total. The first-order valence-corrected chi connectivity index (χ1v) is 10.8. The van der Waals surface area contributed by atoms with E-state index in [1.807, 2.05) is 44.2 Å². The highest BCUT2D eigenvalue weighted by Gasteiger charge is 2.20. The average Bonchev–Trinajstić information content (AvgIpc) is 2.77. The largest absolute Gasteiger partial charge is 0.383 e. The molecule has 0 spiro atoms. The number of para-hydroxylation sites is 1. The number of hydrogen-bond donors (Lipinski definition) is 3. The lowest BCUT2D eigenvalue weighted by molar-refractivity contribution is 0.0937. The third-order valence-electron chi connectivity index (χ3n) is 5.51. The highest BCUT2D eigenvalue weighted by atomic mass is 16.5. The van der Waals surface area contributed by atoms with Crippen LogP contribution >= 0.6 is 0 Å². The van der Waals surface area contributed by atoms with Gasteiger partial charge >= 0.3 is 6.03 Å². The van der Waals surface area contributed by atoms with Gasteiger partial charge in [-0.05, 0) is 62.4 Å². The lowest BCUT2D eigenvalue weighted by Gasteiger charge is -2.30. The lowest BCUT2D eigenvalue weighted by atomic mass is 10.1. The summed E-state index contributed by atoms with van der Waals surface area (Å²) in [6, 6.07) is 11.1. The molecule has 2 aromatic carbocycles. The van der Waals surface area contributed by atoms with Gasteiger partial charge in [0.05, 0.1) is 12.2 Å². The maximum absolute atomic E-state index is 12.9. The topological polar surface area (TPSA) is 82.7 Å². The van der Waals surface area contributed by atoms with Crippen LogP contribution in [0.4, 0.5) is 21.9 Å². The molecule has 0 saturated carbocycles. The Kier molecular flexibility index (Phi) is 7.89. The number of aryl methyl sites for hydroxylation is 2. The summed E-state index contributed by atoms with van der Waals surface area (Å²) < 4.78 is 5.04. The monoisotopic (exact) mass is 424 g/mol. The fourth-order valence-corrected chi connectivity index (χ4v) is 3.86. The number of rotatable bonds is 7. The SMILES string of the molecule is COCCNC(=O)c1cc(NC(=O)Nc2c(C)cccc2C)ccc1N1CCCCC1. The molecule has 2 aromatic rings. The van der Waals surface area contributed by atoms with Crippen molar-refractivity contribution in [3.63, 3.8) is 0 Å². The van der Waals surface area contributed by atoms with Gasteiger partial charge in [-0.2, -0.15) is 0 Å². The normalized spacial score (nSPS) is 13.6. The minimum absolute atomic E-state index is 0.170. The van der Waals surface area contributed by atoms with Crippen LogP contribution in [-0.4, -0.2) is 45.3 Å². The number of nitrogens with one attached hydrogen (secondary N) is 3. The van der Waals surface area contributed by atoms with Gasteiger partial charge in [0.2, 0.25) is 0 Å². The highest BCUT2D eigenvalue weighted by molar-refractivity contribution is 6.04. The van der Waals surface area contributed by atoms with Crippen LogP contribution in [0.2, 0.25) is 0 Å². The molecule has 7 heteroatoms. The van der Waals surface area contributed by atoms with Crippen LogP contribution in [0.5, 0.6) is 0 Å². The van der Waals surface area contributed by atoms with Gasteiger partial charge in [-0.15, -0.1) is 0 Å². The van der Waals surface area contributed by atoms with Crippen molar-refractivity contribution in [3.05, 3.63) is 53.1 Å². The lowest BCUT2D eigenvalue weighted by Crippen LogP contribution is -2.33. The maximum Gasteiger partial charge on any atom is 0.323 e. The molecule has 0 aliphatic carbocycles. The van der Waals surface area contributed by atoms with Gasteiger partial charge in [-0.1, -0.05) is 18.2 Å². The third-order valence-corrected chi connectivity index (χ3v) is 5.51. The molecule has 0 bridgehead atoms. The molecule has 3 amide bonds. The van der Waals surface area contributed by atoms with E-state index in [0.717, 1.165) is 48.4 Å². The number of carbonyl (C=O) groups excluding carboxylic acids is 2. The van der Waals surface area contributed by atoms with E-state index in [1.54, 1.807) is 13.2 Å². The van der Waals surface area contributed by atoms with Gasteiger partial charge in [-0.3, -0.25) is 4.79 Å². The number of hydrogen-bond acceptors (Lipinski definition) is 4. The van der Waals surface area contributed by atoms with Crippen molar-refractivity contribution in [2.45, 2.75) is 33.1 Å². The Morgan fingerprint density at radius 2 is 1.71 bits per heavy atom. The number of ether oxygens (including phenoxy) is 1. The van der Waals surface area contributed by atoms with Crippen molar-refractivity contribution in [2.75, 3.05) is 48.9 Å². The molecule has 0 radical (unpaired) electrons. The number of nitrogens with zero attached hydrogens (tertiary/aromatic N) is 1. The number of methoxy groups -OCH3 is 1. The van der Waals surface area contributed by atoms with E-state index in [4.69, 9.17) is 4.74 Å². The molecule has 3 rings (SSSR count). The smallest absolute Gasteiger partial charge is 0.323 e. The quantitative estimate of drug-likeness (QED) is 0.578. The van der Waals surface area contributed by atoms with Crippen molar-refractivity contribution in [2.24, 2.45) is 0 Å². The standard InChI is InChI=1S/C24H32N4O3/c1-17-8-7-9-18(2)22(17)27-24(30)26-19-10-11-21(28-13-5-4-6-14-28)20(16-19)23(29)25-12-15-31-3/h7-11,16H,4-6,12-15H2,1-3H3,(H,25,29)(H2,26,27,30). The third kappa shape index (κ3) is 5.98. The van der Waals surface area contributed by atoms with Crippen molar-refractivity contribution < 1.29 is 14.3 Å². The first-order valence-electron chi connectivity index (χ1n) is 10.8. The van der Waals surface area contributed by atoms with Gasteiger partial charge in [0.25, 0.3) is 5.91 Å². The Hall–Kier alpha value is -3.06. The fraction of sp³-hybridized carbons (Fsp3) is 0.417. The molecule has 0 aromatic heterocycles. The summed E-state index contributed by atoms with van der Waals surface area (Å²) in [6.45, 7) is 6.65. The summed E-state index contributed by atoms with van der Waals surface area (Å²) in [5, 5.41) is 8.68. The zero-order valence-corrected chi connectivity index (χ0v) is 18.6. The van der Waals surface area contributed by atoms with Crippen LogP contribution in [0.15, 0.2) is 36.4 Å². The Bertz CT molecular complexity index is 903. The molecular formula is C24H32N4O3. The van der Waals surface area contributed by atoms with Gasteiger partial charge in [0, 0.05) is 43.8 Å². The number of anilines is 3. The van der Waals surface area contributed by atoms with E-state index in [1.165, 1.54) is 6.42 Å². The van der Waals surface area contributed by atoms with Crippen LogP contribution in [0.1, 0.15) is 40.7 Å². The molecule has 1 heterocycles. The molecule has 166 valence electrons. The summed E-state index contributed by atoms with van der Waals surface area (Å²) >= 11 is 0. The van der Waals surface area contributed by atoms with E-state index in [2.05, 4.69) is 20.9 Å². The van der Waals surface area contributed by atoms with Gasteiger partial charge in [0.1, 0.15) is 0 Å². The number of urea groups is 1. The minimum atomic E-state index is -0.339. The van der Waals surface area contributed by atoms with E-state index < -0.39 is 0 Å². The second-order valence-corrected chi connectivity index (χ2v) is 7.87. The zero-order valence-electron chi connectivity index (χ0n) is 18.6. The fourth-order valence-electron chi connectivity index (χ4n) is 3.86. The minimum Gasteiger partial charge on any atom is -0.383 e. The van der Waals surface area contributed by atoms with Gasteiger partial charge < -0.3 is 25.6 Å². The van der Waals surface area contributed by atoms with Crippen LogP contribution < -0.4 is 20.9 Å². The predicted octanol–water partition coefficient (Wildman–Crippen LogP) is 4.31. The van der Waals surface area contributed by atoms with Crippen molar-refractivity contribution >= 4 is 29.0 Å². The van der Waals surface area contributed by atoms with E-state index in [-0.39, 0.29) is 11.9 Å². The highest BCUT2D eigenvalue weighted by Crippen LogP contribution is 2.27. The summed E-state index contributed by atoms with van der Waals surface area (Å²) in [6.07, 6.45) is 3.44. The number of benzene rings is 2. The van der Waals surface area contributed by atoms with Crippen LogP contribution in [0.3, 0.4) is 0 Å². The Morgan fingerprint density at radius 3 is 2.39 bits per heavy atom. The number of amides is 3. The number of carbonyl (C=O) groups is 2. The Balaban J connectivity index is 1.79. The molecule has 1 saturated heterocycles. The number of piperidine rings is 1. The molecule has 0 atom stereocenters. The molecule has 31 heavy (non-hydrogen) atoms. The van der Waals surface area contributed by atoms with Crippen molar-refractivity contribution in [1.29, 1.82) is 0 Å². The molecule has 1 fully saturated rings. The summed E-state index contributed by atoms with van der Waals surface area (Å²) in [5.74, 6) is -0.170. The summed E-state index contributed by atoms with van der Waals surface area (Å²) in [5.41, 5.74) is 4.81. The molecule has 3 N–H and O–H groups in total. The first-order chi connectivity index (χ1) is 15.0. The molecule has 1 aliphatic rings. The van der Waals surface area contributed by atoms with E-state index >= 15 is 0 Å². The summed E-state index contributed by atoms with van der Waals surface area (Å²) in [7, 11) is 1.60. The Morgan fingerprint density at radius 1 is 1.00 bits per heavy atom. The van der Waals surface area contributed by atoms with Crippen molar-refractivity contribution in [3.8, 4) is 0 Å². The van der Waals surface area contributed by atoms with Crippen molar-refractivity contribution in [1.82, 2.24) is 5.32 Å². The summed E-state index contributed by atoms with van der Waals surface area (Å²) in [4.78, 5) is 27.7. The van der Waals surface area contributed by atoms with Crippen LogP contribution in [0.25, 0.3) is 0 Å². The van der Waals surface area contributed by atoms with E-state index in [0.29, 0.717) is 24.4 Å². The van der Waals surface area contributed by atoms with Crippen LogP contribution in [0, 0.1) is 13.8 Å². The zero-order chi connectivity index (χ0) is 22.2. The van der Waals surface area contributed by atoms with Gasteiger partial charge in [0.15, 0.2) is 0 Å². The predicted molar refractivity (Wildman–Crippen MR) is 125 cm³/mol. The van der Waals surface area contributed by atoms with Gasteiger partial charge in [-0.25, -0.2) is 4.79 Å². The Labute approximate surface area is 184 Å². The second-order valence-electron chi connectivity index (χ2n) is 7.87. The average molecular weight is 425 g/mol. The van der Waals surface area contributed by atoms with E-state index in [9.17, 15) is 9.59 Å². The maximum atomic E-state index is 12.9. The molecule has 1 aliphatic heterocycles. The molecular weight excluding hydrogens is 392 g/mol. The van der Waals surface area contributed by atoms with Crippen LogP contribution in [-0.2, 0) is 4.74 Å². The second kappa shape index (κ2) is 10.8. The first kappa shape index (κ1) is 22.6.